The van der Waals surface area contributed by atoms with Gasteiger partial charge in [0.15, 0.2) is 5.57 Å². The van der Waals surface area contributed by atoms with Crippen molar-refractivity contribution in [3.05, 3.63) is 34.5 Å². The molecule has 0 radical (unpaired) electrons. The summed E-state index contributed by atoms with van der Waals surface area (Å²) in [6.07, 6.45) is 0. The van der Waals surface area contributed by atoms with Crippen molar-refractivity contribution in [2.45, 2.75) is 0 Å². The quantitative estimate of drug-likeness (QED) is 0.611. The molecule has 0 saturated heterocycles. The van der Waals surface area contributed by atoms with Crippen LogP contribution in [0.15, 0.2) is 29.5 Å². The Morgan fingerprint density at radius 3 is 2.29 bits per heavy atom. The van der Waals surface area contributed by atoms with Crippen LogP contribution in [-0.4, -0.2) is 0 Å². The van der Waals surface area contributed by atoms with Crippen LogP contribution in [0.3, 0.4) is 0 Å². The van der Waals surface area contributed by atoms with Crippen LogP contribution in [0.25, 0.3) is 0 Å². The maximum absolute atomic E-state index is 8.81. The zero-order chi connectivity index (χ0) is 12.8. The summed E-state index contributed by atoms with van der Waals surface area (Å²) in [5.41, 5.74) is 5.98. The van der Waals surface area contributed by atoms with Gasteiger partial charge < -0.3 is 11.1 Å². The Bertz CT molecular complexity index is 582. The van der Waals surface area contributed by atoms with E-state index in [2.05, 4.69) is 5.32 Å². The number of nitrogens with two attached hydrogens (primary N) is 1. The molecule has 17 heavy (non-hydrogen) atoms. The molecule has 0 heterocycles. The van der Waals surface area contributed by atoms with E-state index >= 15 is 0 Å². The fourth-order valence-electron chi connectivity index (χ4n) is 1.03. The van der Waals surface area contributed by atoms with Gasteiger partial charge in [0, 0.05) is 5.69 Å². The van der Waals surface area contributed by atoms with Gasteiger partial charge in [-0.3, -0.25) is 0 Å². The fourth-order valence-corrected chi connectivity index (χ4v) is 1.21. The van der Waals surface area contributed by atoms with Gasteiger partial charge in [-0.25, -0.2) is 0 Å². The van der Waals surface area contributed by atoms with E-state index in [1.165, 1.54) is 6.07 Å². The van der Waals surface area contributed by atoms with Gasteiger partial charge in [-0.05, 0) is 18.2 Å². The number of nitrogens with one attached hydrogen (secondary N) is 1. The highest BCUT2D eigenvalue weighted by molar-refractivity contribution is 6.33. The number of benzene rings is 1. The molecule has 5 nitrogen and oxygen atoms in total. The maximum atomic E-state index is 8.81. The van der Waals surface area contributed by atoms with Crippen molar-refractivity contribution in [2.24, 2.45) is 0 Å². The topological polar surface area (TPSA) is 109 Å². The lowest BCUT2D eigenvalue weighted by Crippen LogP contribution is -2.01. The molecule has 0 atom stereocenters. The van der Waals surface area contributed by atoms with Crippen LogP contribution >= 0.6 is 11.6 Å². The summed E-state index contributed by atoms with van der Waals surface area (Å²) in [6, 6.07) is 9.63. The minimum atomic E-state index is -0.291. The molecule has 0 spiro atoms. The van der Waals surface area contributed by atoms with Crippen LogP contribution in [0.5, 0.6) is 0 Å². The van der Waals surface area contributed by atoms with E-state index in [9.17, 15) is 0 Å². The highest BCUT2D eigenvalue weighted by atomic mass is 35.5. The van der Waals surface area contributed by atoms with Crippen molar-refractivity contribution in [3.8, 4) is 18.2 Å². The lowest BCUT2D eigenvalue weighted by Gasteiger charge is -2.06. The molecule has 1 rings (SSSR count). The number of nitrogen functional groups attached to an aromatic ring is 1. The second kappa shape index (κ2) is 5.42. The Hall–Kier alpha value is -2.68. The Morgan fingerprint density at radius 1 is 1.18 bits per heavy atom. The molecule has 0 aliphatic rings. The number of hydrogen-bond acceptors (Lipinski definition) is 5. The first-order chi connectivity index (χ1) is 8.12. The average Bonchev–Trinajstić information content (AvgIpc) is 2.33. The molecular weight excluding hydrogens is 238 g/mol. The third-order valence-corrected chi connectivity index (χ3v) is 2.18. The lowest BCUT2D eigenvalue weighted by atomic mass is 10.2. The Morgan fingerprint density at radius 2 is 1.82 bits per heavy atom. The Balaban J connectivity index is 3.11. The van der Waals surface area contributed by atoms with Crippen molar-refractivity contribution in [1.29, 1.82) is 15.8 Å². The largest absolute Gasteiger partial charge is 0.398 e. The highest BCUT2D eigenvalue weighted by Crippen LogP contribution is 2.23. The summed E-state index contributed by atoms with van der Waals surface area (Å²) in [6.45, 7) is 0. The molecule has 0 aromatic heterocycles. The third kappa shape index (κ3) is 2.89. The van der Waals surface area contributed by atoms with E-state index in [-0.39, 0.29) is 11.3 Å². The van der Waals surface area contributed by atoms with Crippen LogP contribution in [0.1, 0.15) is 0 Å². The number of allylic oxidation sites excluding steroid dienone is 2. The van der Waals surface area contributed by atoms with Gasteiger partial charge >= 0.3 is 0 Å². The molecule has 3 N–H and O–H groups in total. The second-order valence-corrected chi connectivity index (χ2v) is 3.35. The van der Waals surface area contributed by atoms with Gasteiger partial charge in [-0.1, -0.05) is 11.6 Å². The van der Waals surface area contributed by atoms with Crippen molar-refractivity contribution in [3.63, 3.8) is 0 Å². The van der Waals surface area contributed by atoms with Crippen molar-refractivity contribution >= 4 is 23.0 Å². The molecule has 0 aliphatic carbocycles. The van der Waals surface area contributed by atoms with E-state index in [0.29, 0.717) is 16.4 Å². The summed E-state index contributed by atoms with van der Waals surface area (Å²) < 4.78 is 0. The van der Waals surface area contributed by atoms with Crippen LogP contribution in [0.4, 0.5) is 11.4 Å². The minimum Gasteiger partial charge on any atom is -0.398 e. The van der Waals surface area contributed by atoms with Gasteiger partial charge in [0.25, 0.3) is 0 Å². The summed E-state index contributed by atoms with van der Waals surface area (Å²) in [5.74, 6) is 0. The zero-order valence-corrected chi connectivity index (χ0v) is 9.28. The molecule has 82 valence electrons. The zero-order valence-electron chi connectivity index (χ0n) is 8.53. The molecule has 0 amide bonds. The number of nitrogens with zero attached hydrogens (tertiary/aromatic N) is 3. The fraction of sp³-hybridized carbons (Fsp3) is 0. The first-order valence-corrected chi connectivity index (χ1v) is 4.76. The van der Waals surface area contributed by atoms with E-state index in [1.54, 1.807) is 30.3 Å². The number of anilines is 2. The second-order valence-electron chi connectivity index (χ2n) is 2.95. The number of hydrogen-bond donors (Lipinski definition) is 2. The molecule has 0 aliphatic heterocycles. The van der Waals surface area contributed by atoms with Crippen molar-refractivity contribution in [2.75, 3.05) is 11.1 Å². The molecule has 0 unspecified atom stereocenters. The summed E-state index contributed by atoms with van der Waals surface area (Å²) in [7, 11) is 0. The number of halogens is 1. The van der Waals surface area contributed by atoms with Crippen LogP contribution < -0.4 is 11.1 Å². The van der Waals surface area contributed by atoms with E-state index < -0.39 is 0 Å². The normalized spacial score (nSPS) is 8.35. The van der Waals surface area contributed by atoms with Gasteiger partial charge in [0.05, 0.1) is 10.7 Å². The summed E-state index contributed by atoms with van der Waals surface area (Å²) >= 11 is 5.79. The van der Waals surface area contributed by atoms with Crippen molar-refractivity contribution in [1.82, 2.24) is 0 Å². The van der Waals surface area contributed by atoms with Gasteiger partial charge in [-0.15, -0.1) is 0 Å². The van der Waals surface area contributed by atoms with Gasteiger partial charge in [0.2, 0.25) is 0 Å². The Kier molecular flexibility index (Phi) is 3.95. The first kappa shape index (κ1) is 12.4. The molecule has 0 bridgehead atoms. The van der Waals surface area contributed by atoms with Crippen molar-refractivity contribution < 1.29 is 0 Å². The average molecular weight is 244 g/mol. The minimum absolute atomic E-state index is 0.129. The summed E-state index contributed by atoms with van der Waals surface area (Å²) in [5, 5.41) is 29.0. The molecular formula is C11H6ClN5. The maximum Gasteiger partial charge on any atom is 0.163 e. The lowest BCUT2D eigenvalue weighted by molar-refractivity contribution is 1.37. The highest BCUT2D eigenvalue weighted by Gasteiger charge is 2.06. The SMILES string of the molecule is N#CC(C#N)=C(C#N)Nc1ccc(N)c(Cl)c1. The van der Waals surface area contributed by atoms with Crippen LogP contribution in [0.2, 0.25) is 5.02 Å². The third-order valence-electron chi connectivity index (χ3n) is 1.86. The molecule has 0 saturated carbocycles. The van der Waals surface area contributed by atoms with E-state index in [4.69, 9.17) is 33.1 Å². The first-order valence-electron chi connectivity index (χ1n) is 4.39. The predicted molar refractivity (Wildman–Crippen MR) is 63.4 cm³/mol. The Labute approximate surface area is 103 Å². The predicted octanol–water partition coefficient (Wildman–Crippen LogP) is 2.16. The summed E-state index contributed by atoms with van der Waals surface area (Å²) in [4.78, 5) is 0. The van der Waals surface area contributed by atoms with Crippen LogP contribution in [-0.2, 0) is 0 Å². The smallest absolute Gasteiger partial charge is 0.163 e. The van der Waals surface area contributed by atoms with E-state index in [1.807, 2.05) is 0 Å². The monoisotopic (exact) mass is 243 g/mol. The molecule has 1 aromatic rings. The molecule has 1 aromatic carbocycles. The van der Waals surface area contributed by atoms with E-state index in [0.717, 1.165) is 0 Å². The number of rotatable bonds is 2. The van der Waals surface area contributed by atoms with Gasteiger partial charge in [0.1, 0.15) is 23.9 Å². The molecule has 6 heteroatoms. The number of nitriles is 3. The van der Waals surface area contributed by atoms with Gasteiger partial charge in [-0.2, -0.15) is 15.8 Å². The van der Waals surface area contributed by atoms with Crippen LogP contribution in [0, 0.1) is 34.0 Å². The molecule has 0 fully saturated rings. The standard InChI is InChI=1S/C11H6ClN5/c12-9-3-8(1-2-10(9)16)17-11(6-15)7(4-13)5-14/h1-3,17H,16H2.